The second kappa shape index (κ2) is 5.06. The highest BCUT2D eigenvalue weighted by Crippen LogP contribution is 2.25. The van der Waals surface area contributed by atoms with E-state index in [4.69, 9.17) is 0 Å². The van der Waals surface area contributed by atoms with Gasteiger partial charge >= 0.3 is 0 Å². The molecule has 1 N–H and O–H groups in total. The molecule has 0 atom stereocenters. The Labute approximate surface area is 121 Å². The van der Waals surface area contributed by atoms with Gasteiger partial charge in [-0.25, -0.2) is 4.98 Å². The molecule has 0 aliphatic carbocycles. The summed E-state index contributed by atoms with van der Waals surface area (Å²) in [6.45, 7) is 3.96. The standard InChI is InChI=1S/C16H14N2OS/c1-10-4-3-5-12(8-10)16(19)18-13-6-7-14-15(9-13)20-11(2)17-14/h3-9H,1-2H3,(H,18,19). The van der Waals surface area contributed by atoms with E-state index in [9.17, 15) is 4.79 Å². The molecule has 2 aromatic carbocycles. The molecule has 0 saturated carbocycles. The normalized spacial score (nSPS) is 10.7. The molecule has 3 rings (SSSR count). The Bertz CT molecular complexity index is 792. The van der Waals surface area contributed by atoms with Gasteiger partial charge in [-0.15, -0.1) is 11.3 Å². The van der Waals surface area contributed by atoms with Gasteiger partial charge in [0.2, 0.25) is 0 Å². The Kier molecular flexibility index (Phi) is 3.24. The number of nitrogens with zero attached hydrogens (tertiary/aromatic N) is 1. The van der Waals surface area contributed by atoms with Crippen molar-refractivity contribution in [3.8, 4) is 0 Å². The average molecular weight is 282 g/mol. The predicted octanol–water partition coefficient (Wildman–Crippen LogP) is 4.17. The highest BCUT2D eigenvalue weighted by Gasteiger charge is 2.07. The molecule has 4 heteroatoms. The molecule has 0 spiro atoms. The Morgan fingerprint density at radius 3 is 2.80 bits per heavy atom. The Morgan fingerprint density at radius 1 is 1.15 bits per heavy atom. The van der Waals surface area contributed by atoms with E-state index in [-0.39, 0.29) is 5.91 Å². The minimum atomic E-state index is -0.0886. The number of carbonyl (C=O) groups excluding carboxylic acids is 1. The summed E-state index contributed by atoms with van der Waals surface area (Å²) in [7, 11) is 0. The number of thiazole rings is 1. The lowest BCUT2D eigenvalue weighted by atomic mass is 10.1. The van der Waals surface area contributed by atoms with Crippen molar-refractivity contribution in [1.82, 2.24) is 4.98 Å². The summed E-state index contributed by atoms with van der Waals surface area (Å²) in [6.07, 6.45) is 0. The van der Waals surface area contributed by atoms with Gasteiger partial charge in [0.15, 0.2) is 0 Å². The van der Waals surface area contributed by atoms with Crippen molar-refractivity contribution >= 4 is 33.1 Å². The number of hydrogen-bond donors (Lipinski definition) is 1. The molecule has 3 aromatic rings. The minimum absolute atomic E-state index is 0.0886. The van der Waals surface area contributed by atoms with Gasteiger partial charge in [-0.1, -0.05) is 17.7 Å². The predicted molar refractivity (Wildman–Crippen MR) is 83.5 cm³/mol. The van der Waals surface area contributed by atoms with Crippen LogP contribution in [0.2, 0.25) is 0 Å². The van der Waals surface area contributed by atoms with E-state index in [1.807, 2.05) is 56.3 Å². The molecule has 0 aliphatic rings. The summed E-state index contributed by atoms with van der Waals surface area (Å²) in [6, 6.07) is 13.3. The maximum absolute atomic E-state index is 12.2. The molecule has 0 bridgehead atoms. The first-order chi connectivity index (χ1) is 9.61. The smallest absolute Gasteiger partial charge is 0.255 e. The fraction of sp³-hybridized carbons (Fsp3) is 0.125. The lowest BCUT2D eigenvalue weighted by Gasteiger charge is -2.05. The lowest BCUT2D eigenvalue weighted by molar-refractivity contribution is 0.102. The van der Waals surface area contributed by atoms with Crippen molar-refractivity contribution in [1.29, 1.82) is 0 Å². The summed E-state index contributed by atoms with van der Waals surface area (Å²) in [5, 5.41) is 3.96. The first-order valence-electron chi connectivity index (χ1n) is 6.37. The third-order valence-electron chi connectivity index (χ3n) is 3.03. The molecule has 0 unspecified atom stereocenters. The van der Waals surface area contributed by atoms with Crippen LogP contribution in [-0.2, 0) is 0 Å². The zero-order valence-electron chi connectivity index (χ0n) is 11.3. The van der Waals surface area contributed by atoms with E-state index in [1.54, 1.807) is 11.3 Å². The van der Waals surface area contributed by atoms with Gasteiger partial charge in [-0.3, -0.25) is 4.79 Å². The Hall–Kier alpha value is -2.20. The van der Waals surface area contributed by atoms with Gasteiger partial charge in [0, 0.05) is 11.3 Å². The second-order valence-corrected chi connectivity index (χ2v) is 5.97. The number of nitrogens with one attached hydrogen (secondary N) is 1. The van der Waals surface area contributed by atoms with Crippen LogP contribution in [0.1, 0.15) is 20.9 Å². The first kappa shape index (κ1) is 12.8. The number of benzene rings is 2. The van der Waals surface area contributed by atoms with E-state index in [1.165, 1.54) is 0 Å². The van der Waals surface area contributed by atoms with Crippen LogP contribution in [0.5, 0.6) is 0 Å². The van der Waals surface area contributed by atoms with Crippen LogP contribution in [-0.4, -0.2) is 10.9 Å². The molecular formula is C16H14N2OS. The summed E-state index contributed by atoms with van der Waals surface area (Å²) in [4.78, 5) is 16.6. The van der Waals surface area contributed by atoms with Crippen LogP contribution in [0.4, 0.5) is 5.69 Å². The molecular weight excluding hydrogens is 268 g/mol. The third kappa shape index (κ3) is 2.56. The van der Waals surface area contributed by atoms with Gasteiger partial charge in [0.25, 0.3) is 5.91 Å². The molecule has 0 radical (unpaired) electrons. The highest BCUT2D eigenvalue weighted by molar-refractivity contribution is 7.18. The van der Waals surface area contributed by atoms with Crippen LogP contribution in [0.3, 0.4) is 0 Å². The number of amides is 1. The van der Waals surface area contributed by atoms with Crippen LogP contribution in [0, 0.1) is 13.8 Å². The van der Waals surface area contributed by atoms with Crippen LogP contribution in [0.15, 0.2) is 42.5 Å². The topological polar surface area (TPSA) is 42.0 Å². The largest absolute Gasteiger partial charge is 0.322 e. The molecule has 100 valence electrons. The van der Waals surface area contributed by atoms with Crippen molar-refractivity contribution in [2.45, 2.75) is 13.8 Å². The molecule has 0 saturated heterocycles. The SMILES string of the molecule is Cc1cccc(C(=O)Nc2ccc3nc(C)sc3c2)c1. The van der Waals surface area contributed by atoms with Crippen molar-refractivity contribution in [3.05, 3.63) is 58.6 Å². The zero-order chi connectivity index (χ0) is 14.1. The summed E-state index contributed by atoms with van der Waals surface area (Å²) >= 11 is 1.63. The summed E-state index contributed by atoms with van der Waals surface area (Å²) < 4.78 is 1.09. The van der Waals surface area contributed by atoms with Gasteiger partial charge in [-0.05, 0) is 44.2 Å². The van der Waals surface area contributed by atoms with Crippen molar-refractivity contribution < 1.29 is 4.79 Å². The molecule has 3 nitrogen and oxygen atoms in total. The van der Waals surface area contributed by atoms with E-state index in [0.717, 1.165) is 26.5 Å². The van der Waals surface area contributed by atoms with Crippen LogP contribution in [0.25, 0.3) is 10.2 Å². The van der Waals surface area contributed by atoms with Crippen LogP contribution < -0.4 is 5.32 Å². The van der Waals surface area contributed by atoms with Gasteiger partial charge < -0.3 is 5.32 Å². The zero-order valence-corrected chi connectivity index (χ0v) is 12.1. The van der Waals surface area contributed by atoms with Crippen LogP contribution >= 0.6 is 11.3 Å². The quantitative estimate of drug-likeness (QED) is 0.766. The van der Waals surface area contributed by atoms with E-state index >= 15 is 0 Å². The molecule has 20 heavy (non-hydrogen) atoms. The molecule has 1 amide bonds. The molecule has 1 heterocycles. The van der Waals surface area contributed by atoms with E-state index < -0.39 is 0 Å². The maximum Gasteiger partial charge on any atom is 0.255 e. The lowest BCUT2D eigenvalue weighted by Crippen LogP contribution is -2.11. The fourth-order valence-electron chi connectivity index (χ4n) is 2.11. The first-order valence-corrected chi connectivity index (χ1v) is 7.19. The van der Waals surface area contributed by atoms with Crippen molar-refractivity contribution in [2.75, 3.05) is 5.32 Å². The third-order valence-corrected chi connectivity index (χ3v) is 3.97. The Balaban J connectivity index is 1.87. The van der Waals surface area contributed by atoms with Gasteiger partial charge in [0.05, 0.1) is 15.2 Å². The van der Waals surface area contributed by atoms with E-state index in [0.29, 0.717) is 5.56 Å². The number of fused-ring (bicyclic) bond motifs is 1. The summed E-state index contributed by atoms with van der Waals surface area (Å²) in [5.74, 6) is -0.0886. The number of rotatable bonds is 2. The Morgan fingerprint density at radius 2 is 2.00 bits per heavy atom. The molecule has 0 aliphatic heterocycles. The number of aryl methyl sites for hydroxylation is 2. The minimum Gasteiger partial charge on any atom is -0.322 e. The molecule has 0 fully saturated rings. The number of anilines is 1. The fourth-order valence-corrected chi connectivity index (χ4v) is 2.97. The number of carbonyl (C=O) groups is 1. The second-order valence-electron chi connectivity index (χ2n) is 4.74. The van der Waals surface area contributed by atoms with Gasteiger partial charge in [0.1, 0.15) is 0 Å². The maximum atomic E-state index is 12.2. The highest BCUT2D eigenvalue weighted by atomic mass is 32.1. The number of hydrogen-bond acceptors (Lipinski definition) is 3. The van der Waals surface area contributed by atoms with Crippen molar-refractivity contribution in [3.63, 3.8) is 0 Å². The average Bonchev–Trinajstić information content (AvgIpc) is 2.78. The molecule has 1 aromatic heterocycles. The van der Waals surface area contributed by atoms with Gasteiger partial charge in [-0.2, -0.15) is 0 Å². The summed E-state index contributed by atoms with van der Waals surface area (Å²) in [5.41, 5.74) is 3.52. The van der Waals surface area contributed by atoms with E-state index in [2.05, 4.69) is 10.3 Å². The monoisotopic (exact) mass is 282 g/mol. The van der Waals surface area contributed by atoms with Crippen molar-refractivity contribution in [2.24, 2.45) is 0 Å². The number of aromatic nitrogens is 1.